The normalized spacial score (nSPS) is 13.0. The Hall–Kier alpha value is -0.510. The van der Waals surface area contributed by atoms with Crippen molar-refractivity contribution >= 4 is 0 Å². The molecule has 1 unspecified atom stereocenters. The van der Waals surface area contributed by atoms with Gasteiger partial charge in [0.25, 0.3) is 0 Å². The summed E-state index contributed by atoms with van der Waals surface area (Å²) in [4.78, 5) is 3.58. The molecular weight excluding hydrogens is 134 g/mol. The molecule has 0 saturated carbocycles. The average molecular weight is 153 g/mol. The second-order valence-corrected chi connectivity index (χ2v) is 3.21. The van der Waals surface area contributed by atoms with Crippen molar-refractivity contribution in [3.8, 4) is 0 Å². The van der Waals surface area contributed by atoms with Crippen LogP contribution >= 0.6 is 0 Å². The Kier molecular flexibility index (Phi) is 5.93. The third-order valence-corrected chi connectivity index (χ3v) is 2.20. The van der Waals surface area contributed by atoms with E-state index in [0.29, 0.717) is 5.92 Å². The van der Waals surface area contributed by atoms with Crippen molar-refractivity contribution in [2.24, 2.45) is 5.92 Å². The molecule has 0 aliphatic rings. The summed E-state index contributed by atoms with van der Waals surface area (Å²) in [5, 5.41) is 0. The highest BCUT2D eigenvalue weighted by atomic mass is 14.7. The lowest BCUT2D eigenvalue weighted by atomic mass is 9.92. The van der Waals surface area contributed by atoms with Gasteiger partial charge in [0.2, 0.25) is 6.04 Å². The van der Waals surface area contributed by atoms with Crippen LogP contribution in [0, 0.1) is 12.5 Å². The summed E-state index contributed by atoms with van der Waals surface area (Å²) in [5.74, 6) is 0.641. The van der Waals surface area contributed by atoms with Crippen molar-refractivity contribution in [3.63, 3.8) is 0 Å². The molecule has 0 rings (SSSR count). The van der Waals surface area contributed by atoms with Gasteiger partial charge in [-0.1, -0.05) is 26.7 Å². The molecule has 1 nitrogen and oxygen atoms in total. The fourth-order valence-corrected chi connectivity index (χ4v) is 1.47. The van der Waals surface area contributed by atoms with E-state index in [9.17, 15) is 0 Å². The lowest BCUT2D eigenvalue weighted by Gasteiger charge is -2.13. The van der Waals surface area contributed by atoms with Gasteiger partial charge in [0.1, 0.15) is 0 Å². The smallest absolute Gasteiger partial charge is 0.223 e. The van der Waals surface area contributed by atoms with Gasteiger partial charge in [-0.05, 0) is 12.8 Å². The number of hydrogen-bond donors (Lipinski definition) is 0. The summed E-state index contributed by atoms with van der Waals surface area (Å²) < 4.78 is 0. The van der Waals surface area contributed by atoms with Gasteiger partial charge in [0, 0.05) is 12.8 Å². The Morgan fingerprint density at radius 1 is 1.18 bits per heavy atom. The maximum atomic E-state index is 6.92. The van der Waals surface area contributed by atoms with Crippen molar-refractivity contribution in [3.05, 3.63) is 11.4 Å². The van der Waals surface area contributed by atoms with Crippen molar-refractivity contribution in [2.75, 3.05) is 0 Å². The van der Waals surface area contributed by atoms with Crippen LogP contribution < -0.4 is 0 Å². The summed E-state index contributed by atoms with van der Waals surface area (Å²) in [6, 6.07) is 0.231. The fraction of sp³-hybridized carbons (Fsp3) is 0.900. The third-order valence-electron chi connectivity index (χ3n) is 2.20. The van der Waals surface area contributed by atoms with Crippen LogP contribution in [-0.2, 0) is 0 Å². The summed E-state index contributed by atoms with van der Waals surface area (Å²) in [6.45, 7) is 13.4. The van der Waals surface area contributed by atoms with Gasteiger partial charge in [-0.15, -0.1) is 0 Å². The van der Waals surface area contributed by atoms with Crippen LogP contribution in [0.2, 0.25) is 0 Å². The Bertz CT molecular complexity index is 117. The SMILES string of the molecule is [C-]#[N+]C(C)C(CCC)CCC. The van der Waals surface area contributed by atoms with Crippen LogP contribution in [0.4, 0.5) is 0 Å². The fourth-order valence-electron chi connectivity index (χ4n) is 1.47. The van der Waals surface area contributed by atoms with E-state index in [2.05, 4.69) is 18.7 Å². The van der Waals surface area contributed by atoms with Gasteiger partial charge in [0.15, 0.2) is 0 Å². The Labute approximate surface area is 70.6 Å². The summed E-state index contributed by atoms with van der Waals surface area (Å²) in [5.41, 5.74) is 0. The molecule has 11 heavy (non-hydrogen) atoms. The first-order valence-corrected chi connectivity index (χ1v) is 4.62. The molecule has 0 aliphatic heterocycles. The summed E-state index contributed by atoms with van der Waals surface area (Å²) in [6.07, 6.45) is 4.86. The molecule has 1 atom stereocenters. The van der Waals surface area contributed by atoms with Crippen LogP contribution in [0.1, 0.15) is 46.5 Å². The highest BCUT2D eigenvalue weighted by molar-refractivity contribution is 4.80. The molecule has 0 N–H and O–H groups in total. The van der Waals surface area contributed by atoms with E-state index in [1.54, 1.807) is 0 Å². The molecule has 0 bridgehead atoms. The Morgan fingerprint density at radius 3 is 1.91 bits per heavy atom. The molecular formula is C10H19N. The second-order valence-electron chi connectivity index (χ2n) is 3.21. The molecule has 0 aromatic heterocycles. The molecule has 1 heteroatoms. The zero-order chi connectivity index (χ0) is 8.69. The minimum Gasteiger partial charge on any atom is -0.314 e. The van der Waals surface area contributed by atoms with Crippen molar-refractivity contribution in [1.82, 2.24) is 0 Å². The highest BCUT2D eigenvalue weighted by Gasteiger charge is 2.18. The van der Waals surface area contributed by atoms with Gasteiger partial charge in [-0.3, -0.25) is 0 Å². The first-order valence-electron chi connectivity index (χ1n) is 4.62. The number of nitrogens with zero attached hydrogens (tertiary/aromatic N) is 1. The standard InChI is InChI=1S/C10H19N/c1-5-7-10(8-6-2)9(3)11-4/h9-10H,5-8H2,1-3H3. The summed E-state index contributed by atoms with van der Waals surface area (Å²) in [7, 11) is 0. The maximum Gasteiger partial charge on any atom is 0.223 e. The Balaban J connectivity index is 3.78. The van der Waals surface area contributed by atoms with Crippen LogP contribution in [0.3, 0.4) is 0 Å². The minimum absolute atomic E-state index is 0.231. The van der Waals surface area contributed by atoms with Gasteiger partial charge >= 0.3 is 0 Å². The summed E-state index contributed by atoms with van der Waals surface area (Å²) >= 11 is 0. The van der Waals surface area contributed by atoms with E-state index < -0.39 is 0 Å². The van der Waals surface area contributed by atoms with Gasteiger partial charge in [-0.2, -0.15) is 0 Å². The minimum atomic E-state index is 0.231. The molecule has 0 saturated heterocycles. The molecule has 0 amide bonds. The molecule has 0 radical (unpaired) electrons. The molecule has 0 heterocycles. The van der Waals surface area contributed by atoms with Crippen molar-refractivity contribution in [2.45, 2.75) is 52.5 Å². The number of hydrogen-bond acceptors (Lipinski definition) is 0. The predicted octanol–water partition coefficient (Wildman–Crippen LogP) is 3.51. The van der Waals surface area contributed by atoms with Crippen LogP contribution in [0.25, 0.3) is 4.85 Å². The van der Waals surface area contributed by atoms with Gasteiger partial charge in [0.05, 0.1) is 0 Å². The zero-order valence-electron chi connectivity index (χ0n) is 7.93. The Morgan fingerprint density at radius 2 is 1.64 bits per heavy atom. The quantitative estimate of drug-likeness (QED) is 0.532. The molecule has 64 valence electrons. The second kappa shape index (κ2) is 6.22. The van der Waals surface area contributed by atoms with Crippen LogP contribution in [0.15, 0.2) is 0 Å². The highest BCUT2D eigenvalue weighted by Crippen LogP contribution is 2.19. The van der Waals surface area contributed by atoms with E-state index in [1.807, 2.05) is 6.92 Å². The van der Waals surface area contributed by atoms with Crippen LogP contribution in [-0.4, -0.2) is 6.04 Å². The molecule has 0 spiro atoms. The first-order chi connectivity index (χ1) is 5.26. The topological polar surface area (TPSA) is 4.36 Å². The largest absolute Gasteiger partial charge is 0.314 e. The molecule has 0 aromatic carbocycles. The van der Waals surface area contributed by atoms with E-state index in [4.69, 9.17) is 6.57 Å². The third kappa shape index (κ3) is 4.03. The molecule has 0 aromatic rings. The lowest BCUT2D eigenvalue weighted by molar-refractivity contribution is 0.409. The molecule has 0 fully saturated rings. The van der Waals surface area contributed by atoms with E-state index in [1.165, 1.54) is 25.7 Å². The van der Waals surface area contributed by atoms with Crippen molar-refractivity contribution in [1.29, 1.82) is 0 Å². The van der Waals surface area contributed by atoms with E-state index in [0.717, 1.165) is 0 Å². The van der Waals surface area contributed by atoms with Gasteiger partial charge in [-0.25, -0.2) is 6.57 Å². The average Bonchev–Trinajstić information content (AvgIpc) is 2.03. The predicted molar refractivity (Wildman–Crippen MR) is 49.4 cm³/mol. The van der Waals surface area contributed by atoms with Gasteiger partial charge < -0.3 is 4.85 Å². The van der Waals surface area contributed by atoms with E-state index in [-0.39, 0.29) is 6.04 Å². The monoisotopic (exact) mass is 153 g/mol. The zero-order valence-corrected chi connectivity index (χ0v) is 7.93. The lowest BCUT2D eigenvalue weighted by Crippen LogP contribution is -2.12. The molecule has 0 aliphatic carbocycles. The van der Waals surface area contributed by atoms with E-state index >= 15 is 0 Å². The van der Waals surface area contributed by atoms with Crippen LogP contribution in [0.5, 0.6) is 0 Å². The number of rotatable bonds is 5. The first kappa shape index (κ1) is 10.5. The maximum absolute atomic E-state index is 6.92. The van der Waals surface area contributed by atoms with Crippen molar-refractivity contribution < 1.29 is 0 Å².